The van der Waals surface area contributed by atoms with Crippen LogP contribution in [0.1, 0.15) is 20.7 Å². The van der Waals surface area contributed by atoms with E-state index in [0.29, 0.717) is 70.3 Å². The van der Waals surface area contributed by atoms with E-state index >= 15 is 0 Å². The fraction of sp³-hybridized carbons (Fsp3) is 0.174. The molecule has 2 aromatic carbocycles. The van der Waals surface area contributed by atoms with Crippen molar-refractivity contribution in [3.63, 3.8) is 0 Å². The summed E-state index contributed by atoms with van der Waals surface area (Å²) in [5, 5.41) is 1.33. The number of benzene rings is 2. The molecule has 5 rings (SSSR count). The van der Waals surface area contributed by atoms with Crippen molar-refractivity contribution in [1.29, 1.82) is 0 Å². The molecule has 0 spiro atoms. The molecule has 156 valence electrons. The number of aromatic nitrogens is 2. The average Bonchev–Trinajstić information content (AvgIpc) is 3.16. The zero-order chi connectivity index (χ0) is 21.5. The smallest absolute Gasteiger partial charge is 0.254 e. The Morgan fingerprint density at radius 1 is 1.10 bits per heavy atom. The van der Waals surface area contributed by atoms with Gasteiger partial charge >= 0.3 is 0 Å². The largest absolute Gasteiger partial charge is 0.378 e. The second-order valence-corrected chi connectivity index (χ2v) is 7.82. The number of hydrogen-bond donors (Lipinski definition) is 2. The SMILES string of the molecule is NC(=O)c1cc(-c2ccccc2Cl)nc2c1[nH]c1cc(C(=O)N3CCOCC3)ccc12. The molecule has 1 fully saturated rings. The predicted molar refractivity (Wildman–Crippen MR) is 119 cm³/mol. The molecule has 1 aliphatic heterocycles. The first kappa shape index (κ1) is 19.5. The standard InChI is InChI=1S/C23H19ClN4O3/c24-17-4-2-1-3-14(17)19-12-16(22(25)29)21-20(27-19)15-6-5-13(11-18(15)26-21)23(30)28-7-9-31-10-8-28/h1-6,11-12,26H,7-10H2,(H2,25,29). The van der Waals surface area contributed by atoms with E-state index in [-0.39, 0.29) is 5.91 Å². The monoisotopic (exact) mass is 434 g/mol. The van der Waals surface area contributed by atoms with Crippen molar-refractivity contribution in [2.45, 2.75) is 0 Å². The zero-order valence-corrected chi connectivity index (χ0v) is 17.3. The average molecular weight is 435 g/mol. The first-order valence-corrected chi connectivity index (χ1v) is 10.3. The van der Waals surface area contributed by atoms with Gasteiger partial charge in [0.25, 0.3) is 11.8 Å². The predicted octanol–water partition coefficient (Wildman–Crippen LogP) is 3.61. The number of nitrogens with one attached hydrogen (secondary N) is 1. The summed E-state index contributed by atoms with van der Waals surface area (Å²) >= 11 is 6.35. The summed E-state index contributed by atoms with van der Waals surface area (Å²) in [7, 11) is 0. The molecule has 8 heteroatoms. The highest BCUT2D eigenvalue weighted by molar-refractivity contribution is 6.33. The zero-order valence-electron chi connectivity index (χ0n) is 16.5. The Morgan fingerprint density at radius 3 is 2.61 bits per heavy atom. The number of amides is 2. The molecule has 31 heavy (non-hydrogen) atoms. The van der Waals surface area contributed by atoms with E-state index in [1.165, 1.54) is 0 Å². The lowest BCUT2D eigenvalue weighted by molar-refractivity contribution is 0.0303. The molecule has 0 radical (unpaired) electrons. The highest BCUT2D eigenvalue weighted by Crippen LogP contribution is 2.33. The van der Waals surface area contributed by atoms with Crippen LogP contribution in [0.3, 0.4) is 0 Å². The number of rotatable bonds is 3. The van der Waals surface area contributed by atoms with Crippen LogP contribution < -0.4 is 5.73 Å². The molecule has 7 nitrogen and oxygen atoms in total. The number of fused-ring (bicyclic) bond motifs is 3. The van der Waals surface area contributed by atoms with Crippen LogP contribution in [0.25, 0.3) is 33.2 Å². The molecule has 1 aliphatic rings. The van der Waals surface area contributed by atoms with E-state index in [2.05, 4.69) is 4.98 Å². The van der Waals surface area contributed by atoms with Crippen LogP contribution in [0.5, 0.6) is 0 Å². The third-order valence-electron chi connectivity index (χ3n) is 5.51. The molecule has 0 bridgehead atoms. The van der Waals surface area contributed by atoms with Gasteiger partial charge in [0.15, 0.2) is 0 Å². The van der Waals surface area contributed by atoms with E-state index in [4.69, 9.17) is 27.1 Å². The van der Waals surface area contributed by atoms with Gasteiger partial charge in [0.1, 0.15) is 0 Å². The minimum absolute atomic E-state index is 0.0521. The molecule has 0 unspecified atom stereocenters. The Kier molecular flexibility index (Phi) is 4.84. The summed E-state index contributed by atoms with van der Waals surface area (Å²) in [6.45, 7) is 2.21. The third-order valence-corrected chi connectivity index (χ3v) is 5.84. The molecule has 2 aromatic heterocycles. The van der Waals surface area contributed by atoms with Crippen LogP contribution >= 0.6 is 11.6 Å². The van der Waals surface area contributed by atoms with Crippen molar-refractivity contribution in [3.05, 3.63) is 64.7 Å². The molecule has 2 amide bonds. The lowest BCUT2D eigenvalue weighted by Gasteiger charge is -2.26. The Bertz CT molecular complexity index is 1340. The van der Waals surface area contributed by atoms with Crippen molar-refractivity contribution in [2.24, 2.45) is 5.73 Å². The van der Waals surface area contributed by atoms with Gasteiger partial charge in [-0.25, -0.2) is 4.98 Å². The number of morpholine rings is 1. The summed E-state index contributed by atoms with van der Waals surface area (Å²) in [5.74, 6) is -0.624. The van der Waals surface area contributed by atoms with E-state index in [1.54, 1.807) is 29.2 Å². The Balaban J connectivity index is 1.67. The van der Waals surface area contributed by atoms with Crippen molar-refractivity contribution in [2.75, 3.05) is 26.3 Å². The maximum atomic E-state index is 12.9. The molecule has 4 aromatic rings. The third kappa shape index (κ3) is 3.41. The number of primary amides is 1. The summed E-state index contributed by atoms with van der Waals surface area (Å²) in [6, 6.07) is 14.3. The van der Waals surface area contributed by atoms with Crippen molar-refractivity contribution < 1.29 is 14.3 Å². The Hall–Kier alpha value is -3.42. The summed E-state index contributed by atoms with van der Waals surface area (Å²) in [6.07, 6.45) is 0. The first-order valence-electron chi connectivity index (χ1n) is 9.91. The van der Waals surface area contributed by atoms with Crippen LogP contribution in [0, 0.1) is 0 Å². The van der Waals surface area contributed by atoms with Crippen molar-refractivity contribution in [3.8, 4) is 11.3 Å². The van der Waals surface area contributed by atoms with Crippen molar-refractivity contribution >= 4 is 45.4 Å². The van der Waals surface area contributed by atoms with E-state index in [1.807, 2.05) is 24.3 Å². The molecular formula is C23H19ClN4O3. The van der Waals surface area contributed by atoms with Gasteiger partial charge in [0.2, 0.25) is 0 Å². The van der Waals surface area contributed by atoms with Crippen LogP contribution in [0.2, 0.25) is 5.02 Å². The minimum Gasteiger partial charge on any atom is -0.378 e. The van der Waals surface area contributed by atoms with Crippen LogP contribution in [0.4, 0.5) is 0 Å². The van der Waals surface area contributed by atoms with Crippen molar-refractivity contribution in [1.82, 2.24) is 14.9 Å². The molecule has 0 saturated carbocycles. The topological polar surface area (TPSA) is 101 Å². The maximum absolute atomic E-state index is 12.9. The molecule has 0 atom stereocenters. The molecule has 0 aliphatic carbocycles. The number of ether oxygens (including phenoxy) is 1. The number of nitrogens with zero attached hydrogens (tertiary/aromatic N) is 2. The Morgan fingerprint density at radius 2 is 1.87 bits per heavy atom. The summed E-state index contributed by atoms with van der Waals surface area (Å²) in [4.78, 5) is 34.8. The van der Waals surface area contributed by atoms with Gasteiger partial charge in [0, 0.05) is 40.1 Å². The summed E-state index contributed by atoms with van der Waals surface area (Å²) < 4.78 is 5.33. The van der Waals surface area contributed by atoms with Gasteiger partial charge < -0.3 is 20.4 Å². The van der Waals surface area contributed by atoms with Gasteiger partial charge in [-0.1, -0.05) is 29.8 Å². The fourth-order valence-electron chi connectivity index (χ4n) is 3.94. The number of H-pyrrole nitrogens is 1. The second-order valence-electron chi connectivity index (χ2n) is 7.41. The summed E-state index contributed by atoms with van der Waals surface area (Å²) in [5.41, 5.74) is 9.67. The molecule has 3 heterocycles. The van der Waals surface area contributed by atoms with Crippen LogP contribution in [-0.2, 0) is 4.74 Å². The molecule has 3 N–H and O–H groups in total. The number of hydrogen-bond acceptors (Lipinski definition) is 4. The normalized spacial score (nSPS) is 14.3. The van der Waals surface area contributed by atoms with Gasteiger partial charge in [-0.2, -0.15) is 0 Å². The van der Waals surface area contributed by atoms with Gasteiger partial charge in [0.05, 0.1) is 35.5 Å². The van der Waals surface area contributed by atoms with Crippen LogP contribution in [0.15, 0.2) is 48.5 Å². The van der Waals surface area contributed by atoms with Crippen LogP contribution in [-0.4, -0.2) is 53.0 Å². The van der Waals surface area contributed by atoms with Gasteiger partial charge in [-0.05, 0) is 30.3 Å². The highest BCUT2D eigenvalue weighted by atomic mass is 35.5. The van der Waals surface area contributed by atoms with Gasteiger partial charge in [-0.3, -0.25) is 9.59 Å². The first-order chi connectivity index (χ1) is 15.0. The number of aromatic amines is 1. The van der Waals surface area contributed by atoms with E-state index < -0.39 is 5.91 Å². The number of carbonyl (C=O) groups excluding carboxylic acids is 2. The fourth-order valence-corrected chi connectivity index (χ4v) is 4.17. The van der Waals surface area contributed by atoms with E-state index in [0.717, 1.165) is 5.39 Å². The molecule has 1 saturated heterocycles. The quantitative estimate of drug-likeness (QED) is 0.514. The number of carbonyl (C=O) groups is 2. The highest BCUT2D eigenvalue weighted by Gasteiger charge is 2.21. The van der Waals surface area contributed by atoms with E-state index in [9.17, 15) is 9.59 Å². The maximum Gasteiger partial charge on any atom is 0.254 e. The lowest BCUT2D eigenvalue weighted by atomic mass is 10.1. The Labute approximate surface area is 182 Å². The van der Waals surface area contributed by atoms with Gasteiger partial charge in [-0.15, -0.1) is 0 Å². The second kappa shape index (κ2) is 7.68. The molecular weight excluding hydrogens is 416 g/mol. The number of pyridine rings is 1. The number of nitrogens with two attached hydrogens (primary N) is 1. The lowest BCUT2D eigenvalue weighted by Crippen LogP contribution is -2.40. The minimum atomic E-state index is -0.572. The number of halogens is 1.